The van der Waals surface area contributed by atoms with E-state index in [0.717, 1.165) is 30.0 Å². The molecule has 0 atom stereocenters. The topological polar surface area (TPSA) is 55.1 Å². The van der Waals surface area contributed by atoms with Crippen molar-refractivity contribution in [3.8, 4) is 11.1 Å². The predicted octanol–water partition coefficient (Wildman–Crippen LogP) is 3.01. The van der Waals surface area contributed by atoms with Gasteiger partial charge in [-0.25, -0.2) is 0 Å². The number of nitrogens with two attached hydrogens (primary N) is 1. The van der Waals surface area contributed by atoms with Gasteiger partial charge in [0.15, 0.2) is 0 Å². The van der Waals surface area contributed by atoms with E-state index < -0.39 is 0 Å². The van der Waals surface area contributed by atoms with E-state index in [4.69, 9.17) is 17.3 Å². The van der Waals surface area contributed by atoms with Crippen LogP contribution < -0.4 is 11.1 Å². The van der Waals surface area contributed by atoms with Crippen molar-refractivity contribution in [1.82, 2.24) is 5.32 Å². The zero-order valence-corrected chi connectivity index (χ0v) is 12.6. The molecule has 1 amide bonds. The van der Waals surface area contributed by atoms with Crippen molar-refractivity contribution in [2.75, 3.05) is 13.1 Å². The van der Waals surface area contributed by atoms with Crippen molar-refractivity contribution in [2.45, 2.75) is 12.8 Å². The molecule has 110 valence electrons. The van der Waals surface area contributed by atoms with Crippen molar-refractivity contribution >= 4 is 17.5 Å². The molecule has 0 heterocycles. The third-order valence-electron chi connectivity index (χ3n) is 3.26. The van der Waals surface area contributed by atoms with Crippen LogP contribution in [0.3, 0.4) is 0 Å². The standard InChI is InChI=1S/C17H19ClN2O/c18-15-9-8-14(7-4-10-20-12-17(19)21)16(11-15)13-5-2-1-3-6-13/h1-3,5-6,8-9,11,20H,4,7,10,12H2,(H2,19,21). The molecule has 2 rings (SSSR count). The first-order valence-corrected chi connectivity index (χ1v) is 7.37. The number of rotatable bonds is 7. The largest absolute Gasteiger partial charge is 0.369 e. The molecule has 0 aliphatic heterocycles. The minimum Gasteiger partial charge on any atom is -0.369 e. The van der Waals surface area contributed by atoms with Crippen LogP contribution >= 0.6 is 11.6 Å². The lowest BCUT2D eigenvalue weighted by atomic mass is 9.97. The lowest BCUT2D eigenvalue weighted by Crippen LogP contribution is -2.29. The summed E-state index contributed by atoms with van der Waals surface area (Å²) in [5.41, 5.74) is 8.67. The number of carbonyl (C=O) groups excluding carboxylic acids is 1. The van der Waals surface area contributed by atoms with Crippen molar-refractivity contribution in [1.29, 1.82) is 0 Å². The van der Waals surface area contributed by atoms with Crippen LogP contribution in [-0.4, -0.2) is 19.0 Å². The molecule has 0 saturated heterocycles. The number of benzene rings is 2. The van der Waals surface area contributed by atoms with E-state index in [1.807, 2.05) is 30.3 Å². The average Bonchev–Trinajstić information content (AvgIpc) is 2.49. The number of primary amides is 1. The predicted molar refractivity (Wildman–Crippen MR) is 87.3 cm³/mol. The van der Waals surface area contributed by atoms with E-state index in [1.165, 1.54) is 11.1 Å². The van der Waals surface area contributed by atoms with Crippen LogP contribution in [-0.2, 0) is 11.2 Å². The molecule has 3 nitrogen and oxygen atoms in total. The number of hydrogen-bond donors (Lipinski definition) is 2. The summed E-state index contributed by atoms with van der Waals surface area (Å²) in [6.45, 7) is 0.992. The Morgan fingerprint density at radius 2 is 1.90 bits per heavy atom. The Kier molecular flexibility index (Phi) is 5.78. The Bertz CT molecular complexity index is 599. The van der Waals surface area contributed by atoms with Gasteiger partial charge in [-0.3, -0.25) is 4.79 Å². The highest BCUT2D eigenvalue weighted by molar-refractivity contribution is 6.30. The van der Waals surface area contributed by atoms with Gasteiger partial charge in [0, 0.05) is 5.02 Å². The Morgan fingerprint density at radius 3 is 2.62 bits per heavy atom. The zero-order chi connectivity index (χ0) is 15.1. The van der Waals surface area contributed by atoms with Crippen LogP contribution in [0.2, 0.25) is 5.02 Å². The molecule has 3 N–H and O–H groups in total. The first-order valence-electron chi connectivity index (χ1n) is 6.99. The first-order chi connectivity index (χ1) is 10.2. The fourth-order valence-electron chi connectivity index (χ4n) is 2.27. The number of nitrogens with one attached hydrogen (secondary N) is 1. The lowest BCUT2D eigenvalue weighted by molar-refractivity contribution is -0.117. The van der Waals surface area contributed by atoms with E-state index in [2.05, 4.69) is 23.5 Å². The van der Waals surface area contributed by atoms with Crippen molar-refractivity contribution in [3.63, 3.8) is 0 Å². The second-order valence-electron chi connectivity index (χ2n) is 4.91. The van der Waals surface area contributed by atoms with Gasteiger partial charge in [0.25, 0.3) is 0 Å². The van der Waals surface area contributed by atoms with Crippen LogP contribution in [0.25, 0.3) is 11.1 Å². The van der Waals surface area contributed by atoms with Crippen molar-refractivity contribution in [2.24, 2.45) is 5.73 Å². The van der Waals surface area contributed by atoms with Crippen LogP contribution in [0.1, 0.15) is 12.0 Å². The molecular weight excluding hydrogens is 284 g/mol. The van der Waals surface area contributed by atoms with Gasteiger partial charge in [0.05, 0.1) is 6.54 Å². The first kappa shape index (κ1) is 15.5. The summed E-state index contributed by atoms with van der Waals surface area (Å²) in [4.78, 5) is 10.7. The second-order valence-corrected chi connectivity index (χ2v) is 5.35. The highest BCUT2D eigenvalue weighted by Gasteiger charge is 2.06. The van der Waals surface area contributed by atoms with Gasteiger partial charge >= 0.3 is 0 Å². The van der Waals surface area contributed by atoms with E-state index in [-0.39, 0.29) is 12.5 Å². The zero-order valence-electron chi connectivity index (χ0n) is 11.8. The SMILES string of the molecule is NC(=O)CNCCCc1ccc(Cl)cc1-c1ccccc1. The van der Waals surface area contributed by atoms with Gasteiger partial charge in [-0.1, -0.05) is 48.0 Å². The van der Waals surface area contributed by atoms with Gasteiger partial charge in [-0.15, -0.1) is 0 Å². The molecule has 0 unspecified atom stereocenters. The molecule has 0 fully saturated rings. The highest BCUT2D eigenvalue weighted by atomic mass is 35.5. The maximum atomic E-state index is 10.7. The summed E-state index contributed by atoms with van der Waals surface area (Å²) in [5, 5.41) is 3.77. The van der Waals surface area contributed by atoms with E-state index in [0.29, 0.717) is 0 Å². The monoisotopic (exact) mass is 302 g/mol. The normalized spacial score (nSPS) is 10.5. The Balaban J connectivity index is 2.04. The minimum atomic E-state index is -0.327. The third-order valence-corrected chi connectivity index (χ3v) is 3.49. The van der Waals surface area contributed by atoms with Gasteiger partial charge in [0.2, 0.25) is 5.91 Å². The number of carbonyl (C=O) groups is 1. The molecule has 0 spiro atoms. The van der Waals surface area contributed by atoms with E-state index in [1.54, 1.807) is 0 Å². The van der Waals surface area contributed by atoms with Gasteiger partial charge in [-0.05, 0) is 48.2 Å². The van der Waals surface area contributed by atoms with E-state index >= 15 is 0 Å². The van der Waals surface area contributed by atoms with Crippen LogP contribution in [0.4, 0.5) is 0 Å². The summed E-state index contributed by atoms with van der Waals surface area (Å²) in [7, 11) is 0. The minimum absolute atomic E-state index is 0.228. The molecule has 0 aromatic heterocycles. The molecule has 21 heavy (non-hydrogen) atoms. The summed E-state index contributed by atoms with van der Waals surface area (Å²) >= 11 is 6.12. The Morgan fingerprint density at radius 1 is 1.14 bits per heavy atom. The molecule has 2 aromatic rings. The maximum absolute atomic E-state index is 10.7. The number of hydrogen-bond acceptors (Lipinski definition) is 2. The highest BCUT2D eigenvalue weighted by Crippen LogP contribution is 2.27. The second kappa shape index (κ2) is 7.81. The van der Waals surface area contributed by atoms with Crippen molar-refractivity contribution in [3.05, 3.63) is 59.1 Å². The summed E-state index contributed by atoms with van der Waals surface area (Å²) in [6, 6.07) is 16.2. The smallest absolute Gasteiger partial charge is 0.231 e. The number of amides is 1. The average molecular weight is 303 g/mol. The fourth-order valence-corrected chi connectivity index (χ4v) is 2.44. The quantitative estimate of drug-likeness (QED) is 0.773. The van der Waals surface area contributed by atoms with Gasteiger partial charge in [0.1, 0.15) is 0 Å². The Hall–Kier alpha value is -1.84. The van der Waals surface area contributed by atoms with Crippen molar-refractivity contribution < 1.29 is 4.79 Å². The summed E-state index contributed by atoms with van der Waals surface area (Å²) in [6.07, 6.45) is 1.86. The molecule has 0 bridgehead atoms. The van der Waals surface area contributed by atoms with Gasteiger partial charge < -0.3 is 11.1 Å². The van der Waals surface area contributed by atoms with Crippen LogP contribution in [0.5, 0.6) is 0 Å². The molecule has 2 aromatic carbocycles. The molecule has 4 heteroatoms. The van der Waals surface area contributed by atoms with Crippen LogP contribution in [0, 0.1) is 0 Å². The molecule has 0 saturated carbocycles. The third kappa shape index (κ3) is 4.88. The molecule has 0 radical (unpaired) electrons. The maximum Gasteiger partial charge on any atom is 0.231 e. The van der Waals surface area contributed by atoms with Gasteiger partial charge in [-0.2, -0.15) is 0 Å². The molecule has 0 aliphatic rings. The number of aryl methyl sites for hydroxylation is 1. The molecular formula is C17H19ClN2O. The summed E-state index contributed by atoms with van der Waals surface area (Å²) in [5.74, 6) is -0.327. The number of halogens is 1. The fraction of sp³-hybridized carbons (Fsp3) is 0.235. The molecule has 0 aliphatic carbocycles. The Labute approximate surface area is 130 Å². The van der Waals surface area contributed by atoms with E-state index in [9.17, 15) is 4.79 Å². The van der Waals surface area contributed by atoms with Crippen LogP contribution in [0.15, 0.2) is 48.5 Å². The summed E-state index contributed by atoms with van der Waals surface area (Å²) < 4.78 is 0. The lowest BCUT2D eigenvalue weighted by Gasteiger charge is -2.11.